The Hall–Kier alpha value is -3.26. The van der Waals surface area contributed by atoms with Gasteiger partial charge in [-0.3, -0.25) is 14.4 Å². The number of methoxy groups -OCH3 is 1. The predicted molar refractivity (Wildman–Crippen MR) is 111 cm³/mol. The molecular weight excluding hydrogens is 403 g/mol. The lowest BCUT2D eigenvalue weighted by molar-refractivity contribution is -0.136. The van der Waals surface area contributed by atoms with Gasteiger partial charge in [-0.1, -0.05) is 0 Å². The van der Waals surface area contributed by atoms with Crippen molar-refractivity contribution in [1.29, 1.82) is 0 Å². The van der Waals surface area contributed by atoms with Crippen LogP contribution in [-0.2, 0) is 14.3 Å². The van der Waals surface area contributed by atoms with Gasteiger partial charge in [-0.2, -0.15) is 0 Å². The molecule has 0 radical (unpaired) electrons. The summed E-state index contributed by atoms with van der Waals surface area (Å²) >= 11 is 0. The number of halogens is 1. The van der Waals surface area contributed by atoms with Gasteiger partial charge in [-0.25, -0.2) is 4.39 Å². The zero-order valence-corrected chi connectivity index (χ0v) is 17.5. The second-order valence-corrected chi connectivity index (χ2v) is 7.49. The zero-order chi connectivity index (χ0) is 22.4. The number of amides is 2. The van der Waals surface area contributed by atoms with E-state index < -0.39 is 11.9 Å². The van der Waals surface area contributed by atoms with E-state index in [-0.39, 0.29) is 30.0 Å². The highest BCUT2D eigenvalue weighted by atomic mass is 19.1. The fourth-order valence-corrected chi connectivity index (χ4v) is 3.61. The van der Waals surface area contributed by atoms with Crippen LogP contribution in [0.3, 0.4) is 0 Å². The third kappa shape index (κ3) is 5.88. The van der Waals surface area contributed by atoms with Gasteiger partial charge in [0.2, 0.25) is 5.91 Å². The molecule has 1 N–H and O–H groups in total. The molecule has 2 amide bonds. The maximum atomic E-state index is 13.0. The zero-order valence-electron chi connectivity index (χ0n) is 17.5. The summed E-state index contributed by atoms with van der Waals surface area (Å²) in [6.07, 6.45) is 0.568. The molecule has 2 aromatic rings. The number of benzene rings is 2. The Morgan fingerprint density at radius 1 is 1.06 bits per heavy atom. The summed E-state index contributed by atoms with van der Waals surface area (Å²) in [5.74, 6) is -0.0718. The van der Waals surface area contributed by atoms with E-state index in [0.717, 1.165) is 0 Å². The minimum atomic E-state index is -0.479. The molecule has 8 heteroatoms. The van der Waals surface area contributed by atoms with Crippen LogP contribution in [0.25, 0.3) is 0 Å². The number of Topliss-reactive ketones (excluding diaryl/α,β-unsaturated/α-hetero) is 1. The molecule has 0 aliphatic carbocycles. The Morgan fingerprint density at radius 3 is 2.26 bits per heavy atom. The van der Waals surface area contributed by atoms with Crippen LogP contribution >= 0.6 is 0 Å². The van der Waals surface area contributed by atoms with Crippen molar-refractivity contribution in [3.8, 4) is 11.5 Å². The van der Waals surface area contributed by atoms with Gasteiger partial charge >= 0.3 is 0 Å². The summed E-state index contributed by atoms with van der Waals surface area (Å²) in [5.41, 5.74) is 0.362. The van der Waals surface area contributed by atoms with E-state index in [9.17, 15) is 18.8 Å². The van der Waals surface area contributed by atoms with E-state index in [1.54, 1.807) is 31.4 Å². The Bertz CT molecular complexity index is 930. The van der Waals surface area contributed by atoms with Crippen molar-refractivity contribution in [2.45, 2.75) is 19.4 Å². The molecule has 0 unspecified atom stereocenters. The van der Waals surface area contributed by atoms with Crippen LogP contribution in [0.5, 0.6) is 11.5 Å². The third-order valence-electron chi connectivity index (χ3n) is 5.15. The SMILES string of the molecule is COC[C@H]1C[C@@H](C(C)=O)N(C(=O)CNC(=O)c2ccc(Oc3ccc(F)cc3)cc2)C1. The van der Waals surface area contributed by atoms with Crippen LogP contribution < -0.4 is 10.1 Å². The van der Waals surface area contributed by atoms with E-state index in [1.807, 2.05) is 0 Å². The second-order valence-electron chi connectivity index (χ2n) is 7.49. The van der Waals surface area contributed by atoms with Crippen LogP contribution in [0.4, 0.5) is 4.39 Å². The van der Waals surface area contributed by atoms with Gasteiger partial charge in [-0.15, -0.1) is 0 Å². The van der Waals surface area contributed by atoms with Gasteiger partial charge in [0, 0.05) is 25.1 Å². The first-order chi connectivity index (χ1) is 14.9. The number of ketones is 1. The number of carbonyl (C=O) groups is 3. The second kappa shape index (κ2) is 10.2. The molecule has 0 saturated carbocycles. The number of nitrogens with zero attached hydrogens (tertiary/aromatic N) is 1. The average molecular weight is 428 g/mol. The summed E-state index contributed by atoms with van der Waals surface area (Å²) in [5, 5.41) is 2.60. The molecule has 1 aliphatic rings. The Balaban J connectivity index is 1.54. The lowest BCUT2D eigenvalue weighted by Crippen LogP contribution is -2.45. The Morgan fingerprint density at radius 2 is 1.68 bits per heavy atom. The molecular formula is C23H25FN2O5. The summed E-state index contributed by atoms with van der Waals surface area (Å²) in [4.78, 5) is 38.4. The predicted octanol–water partition coefficient (Wildman–Crippen LogP) is 2.80. The van der Waals surface area contributed by atoms with Gasteiger partial charge in [0.1, 0.15) is 17.3 Å². The molecule has 0 spiro atoms. The smallest absolute Gasteiger partial charge is 0.251 e. The molecule has 0 bridgehead atoms. The van der Waals surface area contributed by atoms with E-state index in [0.29, 0.717) is 36.6 Å². The quantitative estimate of drug-likeness (QED) is 0.699. The number of hydrogen-bond donors (Lipinski definition) is 1. The molecule has 3 rings (SSSR count). The summed E-state index contributed by atoms with van der Waals surface area (Å²) < 4.78 is 23.7. The largest absolute Gasteiger partial charge is 0.457 e. The molecule has 2 aromatic carbocycles. The van der Waals surface area contributed by atoms with E-state index in [2.05, 4.69) is 5.32 Å². The van der Waals surface area contributed by atoms with Crippen molar-refractivity contribution in [3.05, 3.63) is 59.9 Å². The Labute approximate surface area is 180 Å². The lowest BCUT2D eigenvalue weighted by atomic mass is 10.0. The average Bonchev–Trinajstić information content (AvgIpc) is 3.19. The van der Waals surface area contributed by atoms with Crippen molar-refractivity contribution in [2.75, 3.05) is 26.8 Å². The third-order valence-corrected chi connectivity index (χ3v) is 5.15. The number of rotatable bonds is 8. The number of carbonyl (C=O) groups excluding carboxylic acids is 3. The van der Waals surface area contributed by atoms with Crippen LogP contribution in [0.15, 0.2) is 48.5 Å². The molecule has 0 aromatic heterocycles. The van der Waals surface area contributed by atoms with E-state index in [1.165, 1.54) is 36.1 Å². The topological polar surface area (TPSA) is 84.9 Å². The standard InChI is InChI=1S/C23H25FN2O5/c1-15(27)21-11-16(14-30-2)13-26(21)22(28)12-25-23(29)17-3-7-19(8-4-17)31-20-9-5-18(24)6-10-20/h3-10,16,21H,11-14H2,1-2H3,(H,25,29)/t16-,21-/m0/s1. The first-order valence-corrected chi connectivity index (χ1v) is 9.98. The highest BCUT2D eigenvalue weighted by molar-refractivity contribution is 5.97. The Kier molecular flexibility index (Phi) is 7.36. The molecule has 164 valence electrons. The number of hydrogen-bond acceptors (Lipinski definition) is 5. The van der Waals surface area contributed by atoms with Gasteiger partial charge < -0.3 is 19.7 Å². The van der Waals surface area contributed by atoms with Crippen molar-refractivity contribution >= 4 is 17.6 Å². The van der Waals surface area contributed by atoms with Crippen LogP contribution in [0, 0.1) is 11.7 Å². The molecule has 7 nitrogen and oxygen atoms in total. The van der Waals surface area contributed by atoms with Gasteiger partial charge in [-0.05, 0) is 61.9 Å². The highest BCUT2D eigenvalue weighted by Gasteiger charge is 2.37. The minimum absolute atomic E-state index is 0.0741. The molecule has 1 heterocycles. The van der Waals surface area contributed by atoms with Crippen molar-refractivity contribution in [2.24, 2.45) is 5.92 Å². The van der Waals surface area contributed by atoms with Crippen LogP contribution in [0.2, 0.25) is 0 Å². The van der Waals surface area contributed by atoms with Crippen LogP contribution in [-0.4, -0.2) is 55.3 Å². The number of ether oxygens (including phenoxy) is 2. The maximum Gasteiger partial charge on any atom is 0.251 e. The molecule has 1 aliphatic heterocycles. The molecule has 2 atom stereocenters. The fourth-order valence-electron chi connectivity index (χ4n) is 3.61. The monoisotopic (exact) mass is 428 g/mol. The van der Waals surface area contributed by atoms with Gasteiger partial charge in [0.25, 0.3) is 5.91 Å². The molecule has 31 heavy (non-hydrogen) atoms. The molecule has 1 saturated heterocycles. The minimum Gasteiger partial charge on any atom is -0.457 e. The molecule has 1 fully saturated rings. The van der Waals surface area contributed by atoms with Gasteiger partial charge in [0.15, 0.2) is 5.78 Å². The van der Waals surface area contributed by atoms with Gasteiger partial charge in [0.05, 0.1) is 19.2 Å². The van der Waals surface area contributed by atoms with Crippen LogP contribution in [0.1, 0.15) is 23.7 Å². The summed E-state index contributed by atoms with van der Waals surface area (Å²) in [7, 11) is 1.59. The summed E-state index contributed by atoms with van der Waals surface area (Å²) in [6, 6.07) is 11.5. The number of likely N-dealkylation sites (tertiary alicyclic amines) is 1. The lowest BCUT2D eigenvalue weighted by Gasteiger charge is -2.22. The fraction of sp³-hybridized carbons (Fsp3) is 0.348. The van der Waals surface area contributed by atoms with E-state index in [4.69, 9.17) is 9.47 Å². The first-order valence-electron chi connectivity index (χ1n) is 9.98. The normalized spacial score (nSPS) is 18.0. The highest BCUT2D eigenvalue weighted by Crippen LogP contribution is 2.24. The van der Waals surface area contributed by atoms with Crippen molar-refractivity contribution in [3.63, 3.8) is 0 Å². The van der Waals surface area contributed by atoms with Crippen molar-refractivity contribution < 1.29 is 28.2 Å². The number of nitrogens with one attached hydrogen (secondary N) is 1. The summed E-state index contributed by atoms with van der Waals surface area (Å²) in [6.45, 7) is 2.18. The van der Waals surface area contributed by atoms with E-state index >= 15 is 0 Å². The first kappa shape index (κ1) is 22.4. The van der Waals surface area contributed by atoms with Crippen molar-refractivity contribution in [1.82, 2.24) is 10.2 Å². The maximum absolute atomic E-state index is 13.0.